The molecule has 2 aromatic rings. The molecule has 1 heterocycles. The van der Waals surface area contributed by atoms with E-state index < -0.39 is 11.6 Å². The van der Waals surface area contributed by atoms with Crippen molar-refractivity contribution in [1.82, 2.24) is 4.57 Å². The molecule has 20 heavy (non-hydrogen) atoms. The summed E-state index contributed by atoms with van der Waals surface area (Å²) >= 11 is 3.00. The summed E-state index contributed by atoms with van der Waals surface area (Å²) in [6.07, 6.45) is 2.75. The van der Waals surface area contributed by atoms with Crippen molar-refractivity contribution in [3.63, 3.8) is 0 Å². The molecular weight excluding hydrogens is 326 g/mol. The Kier molecular flexibility index (Phi) is 3.42. The minimum Gasteiger partial charge on any atom is -0.324 e. The van der Waals surface area contributed by atoms with Crippen molar-refractivity contribution in [2.75, 3.05) is 0 Å². The Hall–Kier alpha value is -1.20. The topological polar surface area (TPSA) is 30.9 Å². The Morgan fingerprint density at radius 1 is 1.25 bits per heavy atom. The summed E-state index contributed by atoms with van der Waals surface area (Å²) in [5.41, 5.74) is 9.30. The number of hydrogen-bond acceptors (Lipinski definition) is 1. The van der Waals surface area contributed by atoms with Gasteiger partial charge in [-0.3, -0.25) is 0 Å². The first kappa shape index (κ1) is 13.8. The predicted octanol–water partition coefficient (Wildman–Crippen LogP) is 4.16. The van der Waals surface area contributed by atoms with Gasteiger partial charge in [-0.15, -0.1) is 0 Å². The van der Waals surface area contributed by atoms with E-state index in [1.54, 1.807) is 4.57 Å². The van der Waals surface area contributed by atoms with Crippen LogP contribution in [-0.4, -0.2) is 4.57 Å². The van der Waals surface area contributed by atoms with E-state index in [1.807, 2.05) is 13.0 Å². The second-order valence-electron chi connectivity index (χ2n) is 5.24. The first-order valence-electron chi connectivity index (χ1n) is 6.60. The Morgan fingerprint density at radius 3 is 2.75 bits per heavy atom. The SMILES string of the molecule is Cc1cc2c(n1-c1cc(F)c(Br)cc1F)CCCC2N. The van der Waals surface area contributed by atoms with Gasteiger partial charge in [-0.1, -0.05) is 0 Å². The Balaban J connectivity index is 2.23. The molecule has 1 unspecified atom stereocenters. The molecule has 1 aliphatic carbocycles. The van der Waals surface area contributed by atoms with Gasteiger partial charge in [0.05, 0.1) is 10.2 Å². The second-order valence-corrected chi connectivity index (χ2v) is 6.09. The molecule has 106 valence electrons. The summed E-state index contributed by atoms with van der Waals surface area (Å²) < 4.78 is 29.9. The van der Waals surface area contributed by atoms with Crippen molar-refractivity contribution in [3.8, 4) is 5.69 Å². The summed E-state index contributed by atoms with van der Waals surface area (Å²) in [5.74, 6) is -0.915. The number of hydrogen-bond donors (Lipinski definition) is 1. The number of rotatable bonds is 1. The van der Waals surface area contributed by atoms with Crippen molar-refractivity contribution >= 4 is 15.9 Å². The highest BCUT2D eigenvalue weighted by atomic mass is 79.9. The monoisotopic (exact) mass is 340 g/mol. The molecule has 3 rings (SSSR count). The molecule has 1 aliphatic rings. The highest BCUT2D eigenvalue weighted by Crippen LogP contribution is 2.34. The van der Waals surface area contributed by atoms with Gasteiger partial charge >= 0.3 is 0 Å². The molecule has 0 bridgehead atoms. The fourth-order valence-electron chi connectivity index (χ4n) is 2.96. The number of halogens is 3. The van der Waals surface area contributed by atoms with E-state index in [9.17, 15) is 8.78 Å². The molecule has 0 radical (unpaired) electrons. The Morgan fingerprint density at radius 2 is 2.00 bits per heavy atom. The van der Waals surface area contributed by atoms with Crippen LogP contribution in [0.25, 0.3) is 5.69 Å². The van der Waals surface area contributed by atoms with Gasteiger partial charge in [0.25, 0.3) is 0 Å². The maximum Gasteiger partial charge on any atom is 0.148 e. The van der Waals surface area contributed by atoms with E-state index in [-0.39, 0.29) is 16.2 Å². The molecule has 2 N–H and O–H groups in total. The lowest BCUT2D eigenvalue weighted by atomic mass is 9.93. The summed E-state index contributed by atoms with van der Waals surface area (Å²) in [4.78, 5) is 0. The highest BCUT2D eigenvalue weighted by molar-refractivity contribution is 9.10. The van der Waals surface area contributed by atoms with Crippen molar-refractivity contribution in [3.05, 3.63) is 51.3 Å². The highest BCUT2D eigenvalue weighted by Gasteiger charge is 2.24. The zero-order valence-corrected chi connectivity index (χ0v) is 12.7. The van der Waals surface area contributed by atoms with Crippen LogP contribution in [0.1, 0.15) is 35.8 Å². The maximum absolute atomic E-state index is 14.2. The Labute approximate surface area is 124 Å². The summed E-state index contributed by atoms with van der Waals surface area (Å²) in [6.45, 7) is 1.89. The van der Waals surface area contributed by atoms with Crippen LogP contribution >= 0.6 is 15.9 Å². The van der Waals surface area contributed by atoms with Crippen molar-refractivity contribution < 1.29 is 8.78 Å². The molecule has 5 heteroatoms. The van der Waals surface area contributed by atoms with E-state index in [0.717, 1.165) is 36.2 Å². The number of aromatic nitrogens is 1. The van der Waals surface area contributed by atoms with Crippen LogP contribution in [0.15, 0.2) is 22.7 Å². The molecule has 0 saturated heterocycles. The predicted molar refractivity (Wildman–Crippen MR) is 78.0 cm³/mol. The standard InChI is InChI=1S/C15H15BrF2N2/c1-8-5-9-13(19)3-2-4-14(9)20(8)15-7-11(17)10(16)6-12(15)18/h5-7,13H,2-4,19H2,1H3. The van der Waals surface area contributed by atoms with Gasteiger partial charge in [-0.05, 0) is 59.8 Å². The molecule has 0 spiro atoms. The number of benzene rings is 1. The summed E-state index contributed by atoms with van der Waals surface area (Å²) in [5, 5.41) is 0. The molecule has 0 amide bonds. The molecule has 0 saturated carbocycles. The third kappa shape index (κ3) is 2.09. The van der Waals surface area contributed by atoms with Gasteiger partial charge in [0.2, 0.25) is 0 Å². The summed E-state index contributed by atoms with van der Waals surface area (Å²) in [6, 6.07) is 4.37. The Bertz CT molecular complexity index is 679. The van der Waals surface area contributed by atoms with E-state index >= 15 is 0 Å². The lowest BCUT2D eigenvalue weighted by molar-refractivity contribution is 0.551. The minimum absolute atomic E-state index is 0.0120. The largest absolute Gasteiger partial charge is 0.324 e. The van der Waals surface area contributed by atoms with E-state index in [2.05, 4.69) is 15.9 Å². The lowest BCUT2D eigenvalue weighted by Gasteiger charge is -2.21. The van der Waals surface area contributed by atoms with Gasteiger partial charge in [0.1, 0.15) is 11.6 Å². The van der Waals surface area contributed by atoms with Gasteiger partial charge in [0.15, 0.2) is 0 Å². The van der Waals surface area contributed by atoms with Crippen LogP contribution in [-0.2, 0) is 6.42 Å². The van der Waals surface area contributed by atoms with Crippen LogP contribution in [0.3, 0.4) is 0 Å². The maximum atomic E-state index is 14.2. The van der Waals surface area contributed by atoms with Crippen LogP contribution in [0, 0.1) is 18.6 Å². The molecule has 2 nitrogen and oxygen atoms in total. The van der Waals surface area contributed by atoms with Crippen LogP contribution in [0.4, 0.5) is 8.78 Å². The molecule has 0 fully saturated rings. The normalized spacial score (nSPS) is 18.1. The van der Waals surface area contributed by atoms with Crippen LogP contribution in [0.2, 0.25) is 0 Å². The first-order valence-corrected chi connectivity index (χ1v) is 7.40. The van der Waals surface area contributed by atoms with E-state index in [1.165, 1.54) is 12.1 Å². The van der Waals surface area contributed by atoms with Crippen molar-refractivity contribution in [2.24, 2.45) is 5.73 Å². The van der Waals surface area contributed by atoms with Crippen molar-refractivity contribution in [1.29, 1.82) is 0 Å². The first-order chi connectivity index (χ1) is 9.49. The number of nitrogens with zero attached hydrogens (tertiary/aromatic N) is 1. The fourth-order valence-corrected chi connectivity index (χ4v) is 3.27. The lowest BCUT2D eigenvalue weighted by Crippen LogP contribution is -2.18. The van der Waals surface area contributed by atoms with Gasteiger partial charge in [-0.25, -0.2) is 8.78 Å². The number of nitrogens with two attached hydrogens (primary N) is 1. The van der Waals surface area contributed by atoms with Gasteiger partial charge < -0.3 is 10.3 Å². The average molecular weight is 341 g/mol. The van der Waals surface area contributed by atoms with Crippen molar-refractivity contribution in [2.45, 2.75) is 32.2 Å². The zero-order valence-electron chi connectivity index (χ0n) is 11.1. The molecule has 1 aromatic carbocycles. The molecular formula is C15H15BrF2N2. The third-order valence-electron chi connectivity index (χ3n) is 3.88. The quantitative estimate of drug-likeness (QED) is 0.776. The number of fused-ring (bicyclic) bond motifs is 1. The summed E-state index contributed by atoms with van der Waals surface area (Å²) in [7, 11) is 0. The molecule has 0 aliphatic heterocycles. The molecule has 1 aromatic heterocycles. The molecule has 1 atom stereocenters. The number of aryl methyl sites for hydroxylation is 1. The van der Waals surface area contributed by atoms with E-state index in [4.69, 9.17) is 5.73 Å². The van der Waals surface area contributed by atoms with Gasteiger partial charge in [-0.2, -0.15) is 0 Å². The van der Waals surface area contributed by atoms with Crippen LogP contribution < -0.4 is 5.73 Å². The fraction of sp³-hybridized carbons (Fsp3) is 0.333. The zero-order chi connectivity index (χ0) is 14.4. The van der Waals surface area contributed by atoms with E-state index in [0.29, 0.717) is 0 Å². The second kappa shape index (κ2) is 4.97. The smallest absolute Gasteiger partial charge is 0.148 e. The third-order valence-corrected chi connectivity index (χ3v) is 4.49. The van der Waals surface area contributed by atoms with Crippen LogP contribution in [0.5, 0.6) is 0 Å². The van der Waals surface area contributed by atoms with Gasteiger partial charge in [0, 0.05) is 23.5 Å². The average Bonchev–Trinajstić information content (AvgIpc) is 2.72. The minimum atomic E-state index is -0.469.